The first-order valence-electron chi connectivity index (χ1n) is 9.09. The Labute approximate surface area is 164 Å². The molecule has 3 rings (SSSR count). The molecule has 1 aliphatic rings. The summed E-state index contributed by atoms with van der Waals surface area (Å²) in [5.74, 6) is 0. The van der Waals surface area contributed by atoms with Crippen molar-refractivity contribution in [3.63, 3.8) is 0 Å². The molecule has 2 aromatic rings. The molecule has 0 aromatic heterocycles. The van der Waals surface area contributed by atoms with Crippen molar-refractivity contribution in [2.75, 3.05) is 37.4 Å². The van der Waals surface area contributed by atoms with Crippen LogP contribution >= 0.6 is 0 Å². The molecule has 0 bridgehead atoms. The van der Waals surface area contributed by atoms with Gasteiger partial charge in [-0.2, -0.15) is 0 Å². The Morgan fingerprint density at radius 1 is 1.19 bits per heavy atom. The summed E-state index contributed by atoms with van der Waals surface area (Å²) in [5, 5.41) is 0. The second-order valence-electron chi connectivity index (χ2n) is 7.34. The third-order valence-corrected chi connectivity index (χ3v) is 5.56. The van der Waals surface area contributed by atoms with Crippen molar-refractivity contribution in [1.29, 1.82) is 0 Å². The van der Waals surface area contributed by atoms with Crippen LogP contribution in [0.4, 0.5) is 11.4 Å². The number of anilines is 2. The van der Waals surface area contributed by atoms with Crippen molar-refractivity contribution in [3.05, 3.63) is 54.1 Å². The molecule has 0 amide bonds. The number of nitrogen functional groups attached to an aromatic ring is 1. The molecule has 1 unspecified atom stereocenters. The van der Waals surface area contributed by atoms with Gasteiger partial charge in [-0.25, -0.2) is 0 Å². The number of hydrogen-bond acceptors (Lipinski definition) is 5. The number of aryl methyl sites for hydroxylation is 1. The molecule has 1 heterocycles. The van der Waals surface area contributed by atoms with Crippen molar-refractivity contribution in [2.24, 2.45) is 5.41 Å². The van der Waals surface area contributed by atoms with Crippen molar-refractivity contribution >= 4 is 22.5 Å². The number of ether oxygens (including phenoxy) is 1. The number of rotatable bonds is 4. The first kappa shape index (κ1) is 21.4. The zero-order chi connectivity index (χ0) is 19.9. The monoisotopic (exact) mass is 389 g/mol. The quantitative estimate of drug-likeness (QED) is 0.636. The van der Waals surface area contributed by atoms with Crippen molar-refractivity contribution in [3.8, 4) is 0 Å². The molecule has 1 aliphatic heterocycles. The Balaban J connectivity index is 0.000000223. The normalized spacial score (nSPS) is 17.0. The lowest BCUT2D eigenvalue weighted by atomic mass is 9.81. The number of nitrogens with two attached hydrogens (primary N) is 1. The van der Waals surface area contributed by atoms with Crippen LogP contribution in [0.1, 0.15) is 25.3 Å². The van der Waals surface area contributed by atoms with E-state index in [2.05, 4.69) is 24.0 Å². The molecule has 2 aromatic carbocycles. The summed E-state index contributed by atoms with van der Waals surface area (Å²) in [7, 11) is 1.78. The third kappa shape index (κ3) is 6.34. The summed E-state index contributed by atoms with van der Waals surface area (Å²) in [6.07, 6.45) is 2.32. The van der Waals surface area contributed by atoms with Gasteiger partial charge < -0.3 is 19.9 Å². The standard InChI is InChI=1S/C14H22N2O.C7H8O2S/c1-14(11-17-2)7-9-16(10-8-14)13-6-4-3-5-12(13)15;1-6-3-2-4-7(5-6)10(8)9/h3-6H,7-11,15H2,1-2H3;2-5H,1H3,(H,8,9)/p-1. The fraction of sp³-hybridized carbons (Fsp3) is 0.429. The molecule has 0 radical (unpaired) electrons. The van der Waals surface area contributed by atoms with Crippen molar-refractivity contribution in [2.45, 2.75) is 31.6 Å². The number of benzene rings is 2. The van der Waals surface area contributed by atoms with E-state index >= 15 is 0 Å². The lowest BCUT2D eigenvalue weighted by molar-refractivity contribution is 0.0731. The van der Waals surface area contributed by atoms with Crippen LogP contribution in [-0.2, 0) is 15.8 Å². The smallest absolute Gasteiger partial charge is 0.0599 e. The first-order chi connectivity index (χ1) is 12.8. The summed E-state index contributed by atoms with van der Waals surface area (Å²) < 4.78 is 26.0. The number of hydrogen-bond donors (Lipinski definition) is 1. The minimum atomic E-state index is -2.09. The minimum absolute atomic E-state index is 0.328. The largest absolute Gasteiger partial charge is 0.768 e. The van der Waals surface area contributed by atoms with Gasteiger partial charge in [-0.3, -0.25) is 4.21 Å². The maximum absolute atomic E-state index is 10.4. The van der Waals surface area contributed by atoms with Crippen LogP contribution in [0, 0.1) is 12.3 Å². The molecule has 0 spiro atoms. The Kier molecular flexibility index (Phi) is 7.83. The van der Waals surface area contributed by atoms with E-state index in [1.165, 1.54) is 5.69 Å². The number of nitrogens with zero attached hydrogens (tertiary/aromatic N) is 1. The lowest BCUT2D eigenvalue weighted by Crippen LogP contribution is -2.41. The molecule has 27 heavy (non-hydrogen) atoms. The Bertz CT molecular complexity index is 759. The first-order valence-corrected chi connectivity index (χ1v) is 10.2. The lowest BCUT2D eigenvalue weighted by Gasteiger charge is -2.40. The van der Waals surface area contributed by atoms with Crippen LogP contribution in [0.15, 0.2) is 53.4 Å². The van der Waals surface area contributed by atoms with Gasteiger partial charge >= 0.3 is 0 Å². The van der Waals surface area contributed by atoms with Crippen LogP contribution in [-0.4, -0.2) is 35.6 Å². The van der Waals surface area contributed by atoms with Gasteiger partial charge in [0.05, 0.1) is 18.0 Å². The van der Waals surface area contributed by atoms with Crippen molar-refractivity contribution < 1.29 is 13.5 Å². The van der Waals surface area contributed by atoms with Crippen molar-refractivity contribution in [1.82, 2.24) is 0 Å². The summed E-state index contributed by atoms with van der Waals surface area (Å²) >= 11 is -2.09. The Hall–Kier alpha value is -1.89. The number of methoxy groups -OCH3 is 1. The van der Waals surface area contributed by atoms with Gasteiger partial charge in [0.25, 0.3) is 0 Å². The van der Waals surface area contributed by atoms with E-state index < -0.39 is 11.1 Å². The summed E-state index contributed by atoms with van der Waals surface area (Å²) in [6, 6.07) is 14.9. The zero-order valence-electron chi connectivity index (χ0n) is 16.3. The molecule has 1 saturated heterocycles. The maximum atomic E-state index is 10.4. The van der Waals surface area contributed by atoms with Gasteiger partial charge in [0.1, 0.15) is 0 Å². The fourth-order valence-corrected chi connectivity index (χ4v) is 3.75. The van der Waals surface area contributed by atoms with Gasteiger partial charge in [0.2, 0.25) is 0 Å². The van der Waals surface area contributed by atoms with Crippen LogP contribution < -0.4 is 10.6 Å². The minimum Gasteiger partial charge on any atom is -0.768 e. The van der Waals surface area contributed by atoms with E-state index in [0.717, 1.165) is 43.8 Å². The SMILES string of the molecule is COCC1(C)CCN(c2ccccc2N)CC1.Cc1cccc(S(=O)[O-])c1. The van der Waals surface area contributed by atoms with Crippen LogP contribution in [0.2, 0.25) is 0 Å². The van der Waals surface area contributed by atoms with Gasteiger partial charge in [0.15, 0.2) is 0 Å². The van der Waals surface area contributed by atoms with Gasteiger partial charge in [-0.15, -0.1) is 0 Å². The Morgan fingerprint density at radius 2 is 1.85 bits per heavy atom. The predicted molar refractivity (Wildman–Crippen MR) is 111 cm³/mol. The summed E-state index contributed by atoms with van der Waals surface area (Å²) in [5.41, 5.74) is 9.35. The van der Waals surface area contributed by atoms with Crippen LogP contribution in [0.5, 0.6) is 0 Å². The van der Waals surface area contributed by atoms with E-state index in [9.17, 15) is 8.76 Å². The molecule has 5 nitrogen and oxygen atoms in total. The van der Waals surface area contributed by atoms with E-state index in [-0.39, 0.29) is 0 Å². The fourth-order valence-electron chi connectivity index (χ4n) is 3.27. The molecule has 0 aliphatic carbocycles. The van der Waals surface area contributed by atoms with Gasteiger partial charge in [-0.1, -0.05) is 31.2 Å². The van der Waals surface area contributed by atoms with E-state index in [4.69, 9.17) is 10.5 Å². The highest BCUT2D eigenvalue weighted by Gasteiger charge is 2.30. The predicted octanol–water partition coefficient (Wildman–Crippen LogP) is 3.75. The Morgan fingerprint density at radius 3 is 2.37 bits per heavy atom. The number of para-hydroxylation sites is 2. The molecule has 6 heteroatoms. The molecule has 148 valence electrons. The number of piperidine rings is 1. The second kappa shape index (κ2) is 9.88. The van der Waals surface area contributed by atoms with E-state index in [1.54, 1.807) is 25.3 Å². The zero-order valence-corrected chi connectivity index (χ0v) is 17.1. The molecule has 2 N–H and O–H groups in total. The van der Waals surface area contributed by atoms with Crippen LogP contribution in [0.25, 0.3) is 0 Å². The second-order valence-corrected chi connectivity index (χ2v) is 8.28. The molecular weight excluding hydrogens is 360 g/mol. The third-order valence-electron chi connectivity index (χ3n) is 4.92. The average molecular weight is 390 g/mol. The summed E-state index contributed by atoms with van der Waals surface area (Å²) in [6.45, 7) is 7.14. The topological polar surface area (TPSA) is 78.6 Å². The van der Waals surface area contributed by atoms with E-state index in [0.29, 0.717) is 10.3 Å². The van der Waals surface area contributed by atoms with E-state index in [1.807, 2.05) is 25.1 Å². The maximum Gasteiger partial charge on any atom is 0.0599 e. The highest BCUT2D eigenvalue weighted by molar-refractivity contribution is 7.79. The highest BCUT2D eigenvalue weighted by Crippen LogP contribution is 2.34. The molecular formula is C21H29N2O3S-. The van der Waals surface area contributed by atoms with Gasteiger partial charge in [-0.05, 0) is 66.1 Å². The molecule has 0 saturated carbocycles. The summed E-state index contributed by atoms with van der Waals surface area (Å²) in [4.78, 5) is 2.73. The highest BCUT2D eigenvalue weighted by atomic mass is 32.2. The molecule has 1 atom stereocenters. The average Bonchev–Trinajstić information content (AvgIpc) is 2.64. The molecule has 1 fully saturated rings. The van der Waals surface area contributed by atoms with Crippen LogP contribution in [0.3, 0.4) is 0 Å². The van der Waals surface area contributed by atoms with Gasteiger partial charge in [0, 0.05) is 25.1 Å².